The fourth-order valence-corrected chi connectivity index (χ4v) is 4.79. The molecular formula is C29H28F3N5O. The minimum atomic E-state index is -4.55. The lowest BCUT2D eigenvalue weighted by atomic mass is 10.0. The van der Waals surface area contributed by atoms with E-state index in [1.54, 1.807) is 31.7 Å². The number of pyridine rings is 2. The summed E-state index contributed by atoms with van der Waals surface area (Å²) in [5.74, 6) is 0. The molecule has 0 aliphatic heterocycles. The summed E-state index contributed by atoms with van der Waals surface area (Å²) in [5, 5.41) is 0. The van der Waals surface area contributed by atoms with Gasteiger partial charge in [-0.25, -0.2) is 4.79 Å². The van der Waals surface area contributed by atoms with Crippen LogP contribution in [0.3, 0.4) is 0 Å². The Morgan fingerprint density at radius 1 is 1.05 bits per heavy atom. The molecular weight excluding hydrogens is 491 g/mol. The summed E-state index contributed by atoms with van der Waals surface area (Å²) in [4.78, 5) is 24.1. The Bertz CT molecular complexity index is 1580. The summed E-state index contributed by atoms with van der Waals surface area (Å²) in [6.07, 6.45) is 6.26. The van der Waals surface area contributed by atoms with E-state index in [1.165, 1.54) is 15.2 Å². The molecule has 5 rings (SSSR count). The molecule has 0 unspecified atom stereocenters. The summed E-state index contributed by atoms with van der Waals surface area (Å²) in [7, 11) is 5.35. The highest BCUT2D eigenvalue weighted by Crippen LogP contribution is 2.35. The molecule has 0 N–H and O–H groups in total. The van der Waals surface area contributed by atoms with Gasteiger partial charge in [0, 0.05) is 37.6 Å². The molecule has 0 fully saturated rings. The van der Waals surface area contributed by atoms with Crippen LogP contribution in [0.5, 0.6) is 0 Å². The van der Waals surface area contributed by atoms with Gasteiger partial charge in [0.25, 0.3) is 0 Å². The summed E-state index contributed by atoms with van der Waals surface area (Å²) in [6, 6.07) is 9.84. The van der Waals surface area contributed by atoms with Crippen molar-refractivity contribution in [2.45, 2.75) is 25.4 Å². The maximum absolute atomic E-state index is 14.1. The van der Waals surface area contributed by atoms with Crippen LogP contribution in [0.2, 0.25) is 0 Å². The number of rotatable bonds is 7. The van der Waals surface area contributed by atoms with Gasteiger partial charge in [0.2, 0.25) is 0 Å². The molecule has 0 saturated heterocycles. The molecule has 3 heterocycles. The Balaban J connectivity index is 1.57. The molecule has 3 aromatic heterocycles. The van der Waals surface area contributed by atoms with Gasteiger partial charge in [-0.2, -0.15) is 13.2 Å². The maximum Gasteiger partial charge on any atom is 0.416 e. The Hall–Kier alpha value is -3.98. The smallest absolute Gasteiger partial charge is 0.309 e. The van der Waals surface area contributed by atoms with Crippen molar-refractivity contribution in [2.75, 3.05) is 20.6 Å². The number of allylic oxidation sites excluding steroid dienone is 1. The lowest BCUT2D eigenvalue weighted by Gasteiger charge is -2.17. The van der Waals surface area contributed by atoms with E-state index in [1.807, 2.05) is 43.3 Å². The van der Waals surface area contributed by atoms with Gasteiger partial charge in [0.15, 0.2) is 0 Å². The zero-order valence-electron chi connectivity index (χ0n) is 21.5. The molecule has 38 heavy (non-hydrogen) atoms. The summed E-state index contributed by atoms with van der Waals surface area (Å²) >= 11 is 0. The predicted octanol–water partition coefficient (Wildman–Crippen LogP) is 5.38. The summed E-state index contributed by atoms with van der Waals surface area (Å²) in [6.45, 7) is 0.680. The molecule has 0 atom stereocenters. The van der Waals surface area contributed by atoms with Crippen LogP contribution in [-0.2, 0) is 26.1 Å². The molecule has 6 nitrogen and oxygen atoms in total. The van der Waals surface area contributed by atoms with Crippen LogP contribution < -0.4 is 5.69 Å². The van der Waals surface area contributed by atoms with Crippen molar-refractivity contribution in [2.24, 2.45) is 7.05 Å². The quantitative estimate of drug-likeness (QED) is 0.329. The first-order chi connectivity index (χ1) is 18.1. The van der Waals surface area contributed by atoms with Crippen molar-refractivity contribution in [1.82, 2.24) is 24.0 Å². The molecule has 196 valence electrons. The Kier molecular flexibility index (Phi) is 6.79. The molecule has 0 bridgehead atoms. The third-order valence-electron chi connectivity index (χ3n) is 6.73. The van der Waals surface area contributed by atoms with Crippen molar-refractivity contribution >= 4 is 6.08 Å². The lowest BCUT2D eigenvalue weighted by Crippen LogP contribution is -2.22. The second-order valence-electron chi connectivity index (χ2n) is 9.79. The van der Waals surface area contributed by atoms with Crippen LogP contribution in [0.25, 0.3) is 34.3 Å². The molecule has 9 heteroatoms. The van der Waals surface area contributed by atoms with Crippen LogP contribution in [0.4, 0.5) is 13.2 Å². The zero-order chi connectivity index (χ0) is 27.0. The number of hydrogen-bond acceptors (Lipinski definition) is 4. The number of imidazole rings is 1. The topological polar surface area (TPSA) is 56.0 Å². The van der Waals surface area contributed by atoms with E-state index in [0.29, 0.717) is 24.4 Å². The summed E-state index contributed by atoms with van der Waals surface area (Å²) < 4.78 is 44.8. The number of aryl methyl sites for hydroxylation is 2. The van der Waals surface area contributed by atoms with Gasteiger partial charge in [0.05, 0.1) is 28.3 Å². The van der Waals surface area contributed by atoms with Gasteiger partial charge in [-0.15, -0.1) is 0 Å². The van der Waals surface area contributed by atoms with E-state index in [4.69, 9.17) is 0 Å². The number of alkyl halides is 3. The second-order valence-corrected chi connectivity index (χ2v) is 9.79. The highest BCUT2D eigenvalue weighted by atomic mass is 19.4. The van der Waals surface area contributed by atoms with Crippen molar-refractivity contribution in [3.05, 3.63) is 93.9 Å². The van der Waals surface area contributed by atoms with Crippen LogP contribution in [0.15, 0.2) is 65.9 Å². The molecule has 0 saturated carbocycles. The second kappa shape index (κ2) is 10.1. The molecule has 0 spiro atoms. The van der Waals surface area contributed by atoms with E-state index in [2.05, 4.69) is 16.0 Å². The van der Waals surface area contributed by atoms with E-state index in [0.717, 1.165) is 34.9 Å². The summed E-state index contributed by atoms with van der Waals surface area (Å²) in [5.41, 5.74) is 3.87. The van der Waals surface area contributed by atoms with Gasteiger partial charge in [0.1, 0.15) is 0 Å². The van der Waals surface area contributed by atoms with Crippen LogP contribution in [-0.4, -0.2) is 44.6 Å². The van der Waals surface area contributed by atoms with Gasteiger partial charge in [-0.3, -0.25) is 14.5 Å². The SMILES string of the molecule is CN(C)CCCc1ccc(-n2c(-c3cc(-c4cnc5c(c4)C=CC5)ccn3)cn(C)c2=O)cc1C(F)(F)F. The van der Waals surface area contributed by atoms with E-state index in [-0.39, 0.29) is 17.7 Å². The van der Waals surface area contributed by atoms with E-state index < -0.39 is 17.4 Å². The molecule has 1 aromatic carbocycles. The van der Waals surface area contributed by atoms with Crippen molar-refractivity contribution in [1.29, 1.82) is 0 Å². The Morgan fingerprint density at radius 3 is 2.63 bits per heavy atom. The first-order valence-electron chi connectivity index (χ1n) is 12.4. The normalized spacial score (nSPS) is 12.9. The third-order valence-corrected chi connectivity index (χ3v) is 6.73. The largest absolute Gasteiger partial charge is 0.416 e. The fraction of sp³-hybridized carbons (Fsp3) is 0.276. The highest BCUT2D eigenvalue weighted by molar-refractivity contribution is 5.72. The average molecular weight is 520 g/mol. The van der Waals surface area contributed by atoms with Crippen molar-refractivity contribution in [3.63, 3.8) is 0 Å². The van der Waals surface area contributed by atoms with Gasteiger partial charge in [-0.1, -0.05) is 18.2 Å². The number of hydrogen-bond donors (Lipinski definition) is 0. The number of fused-ring (bicyclic) bond motifs is 1. The van der Waals surface area contributed by atoms with Gasteiger partial charge >= 0.3 is 11.9 Å². The van der Waals surface area contributed by atoms with Crippen molar-refractivity contribution < 1.29 is 13.2 Å². The third kappa shape index (κ3) is 5.06. The van der Waals surface area contributed by atoms with Gasteiger partial charge in [-0.05, 0) is 80.5 Å². The fourth-order valence-electron chi connectivity index (χ4n) is 4.79. The number of benzene rings is 1. The molecule has 0 amide bonds. The average Bonchev–Trinajstić information content (AvgIpc) is 3.47. The minimum Gasteiger partial charge on any atom is -0.309 e. The van der Waals surface area contributed by atoms with Crippen molar-refractivity contribution in [3.8, 4) is 28.2 Å². The molecule has 4 aromatic rings. The number of nitrogens with zero attached hydrogens (tertiary/aromatic N) is 5. The Labute approximate surface area is 218 Å². The number of halogens is 3. The minimum absolute atomic E-state index is 0.144. The molecule has 1 aliphatic rings. The zero-order valence-corrected chi connectivity index (χ0v) is 21.5. The molecule has 1 aliphatic carbocycles. The van der Waals surface area contributed by atoms with Crippen LogP contribution in [0.1, 0.15) is 28.8 Å². The standard InChI is InChI=1S/C29H28F3N5O/c1-35(2)13-5-7-19-9-10-23(16-24(19)29(30,31)32)37-27(18-36(3)28(37)38)26-15-20(11-12-33-26)22-14-21-6-4-8-25(21)34-17-22/h4,6,9-12,14-18H,5,7-8,13H2,1-3H3. The predicted molar refractivity (Wildman–Crippen MR) is 142 cm³/mol. The highest BCUT2D eigenvalue weighted by Gasteiger charge is 2.34. The molecule has 0 radical (unpaired) electrons. The Morgan fingerprint density at radius 2 is 1.87 bits per heavy atom. The first kappa shape index (κ1) is 25.7. The lowest BCUT2D eigenvalue weighted by molar-refractivity contribution is -0.138. The van der Waals surface area contributed by atoms with Crippen LogP contribution in [0, 0.1) is 0 Å². The van der Waals surface area contributed by atoms with Gasteiger partial charge < -0.3 is 9.47 Å². The first-order valence-corrected chi connectivity index (χ1v) is 12.4. The number of aromatic nitrogens is 4. The van der Waals surface area contributed by atoms with E-state index in [9.17, 15) is 18.0 Å². The van der Waals surface area contributed by atoms with Crippen LogP contribution >= 0.6 is 0 Å². The maximum atomic E-state index is 14.1. The van der Waals surface area contributed by atoms with E-state index >= 15 is 0 Å². The monoisotopic (exact) mass is 519 g/mol.